The van der Waals surface area contributed by atoms with Crippen molar-refractivity contribution in [3.8, 4) is 0 Å². The number of carbonyl (C=O) groups is 1. The number of nitrogens with zero attached hydrogens (tertiary/aromatic N) is 1. The van der Waals surface area contributed by atoms with E-state index in [1.165, 1.54) is 0 Å². The third-order valence-electron chi connectivity index (χ3n) is 3.30. The molecule has 1 aromatic carbocycles. The first-order valence-corrected chi connectivity index (χ1v) is 8.16. The number of sulfonamides is 1. The topological polar surface area (TPSA) is 92.5 Å². The molecule has 0 saturated carbocycles. The van der Waals surface area contributed by atoms with E-state index in [9.17, 15) is 52.7 Å². The van der Waals surface area contributed by atoms with Crippen molar-refractivity contribution in [2.75, 3.05) is 0 Å². The normalized spacial score (nSPS) is 15.8. The van der Waals surface area contributed by atoms with Crippen molar-refractivity contribution in [3.05, 3.63) is 29.8 Å². The Morgan fingerprint density at radius 2 is 1.39 bits per heavy atom. The summed E-state index contributed by atoms with van der Waals surface area (Å²) in [7, 11) is -5.36. The van der Waals surface area contributed by atoms with E-state index in [1.54, 1.807) is 0 Å². The van der Waals surface area contributed by atoms with Crippen LogP contribution in [0.15, 0.2) is 29.2 Å². The van der Waals surface area contributed by atoms with Crippen LogP contribution in [0.2, 0.25) is 0 Å². The summed E-state index contributed by atoms with van der Waals surface area (Å²) < 4.78 is 140. The van der Waals surface area contributed by atoms with Crippen LogP contribution in [-0.4, -0.2) is 37.3 Å². The molecule has 1 rings (SSSR count). The minimum atomic E-state index is -6.26. The molecule has 160 valence electrons. The number of hydrogen-bond donors (Lipinski definition) is 2. The average Bonchev–Trinajstić information content (AvgIpc) is 2.50. The van der Waals surface area contributed by atoms with Crippen LogP contribution in [0, 0.1) is 0 Å². The van der Waals surface area contributed by atoms with Gasteiger partial charge in [0.1, 0.15) is 0 Å². The molecule has 0 radical (unpaired) electrons. The second kappa shape index (κ2) is 6.98. The second-order valence-electron chi connectivity index (χ2n) is 5.33. The second-order valence-corrected chi connectivity index (χ2v) is 6.99. The zero-order valence-corrected chi connectivity index (χ0v) is 14.2. The number of hydrogen-bond acceptors (Lipinski definition) is 3. The van der Waals surface area contributed by atoms with Crippen molar-refractivity contribution in [2.45, 2.75) is 35.9 Å². The van der Waals surface area contributed by atoms with Crippen LogP contribution in [0.25, 0.3) is 0 Å². The lowest BCUT2D eigenvalue weighted by Crippen LogP contribution is -2.68. The minimum Gasteiger partial charge on any atom is -0.350 e. The Balaban J connectivity index is 3.34. The number of benzene rings is 1. The Labute approximate surface area is 151 Å². The van der Waals surface area contributed by atoms with Crippen molar-refractivity contribution in [3.63, 3.8) is 0 Å². The number of nitrogens with two attached hydrogens (primary N) is 1. The standard InChI is InChI=1S/C12H10F9N3O3S/c1-9(13,11(17,18)19)12(20,21)24(8(22)25)23-28(26,27)7-4-2-6(3-5-7)10(14,15)16/h2-5,23H,1H3,(H2,22,25). The molecule has 1 atom stereocenters. The van der Waals surface area contributed by atoms with Gasteiger partial charge in [0, 0.05) is 0 Å². The molecule has 0 fully saturated rings. The lowest BCUT2D eigenvalue weighted by atomic mass is 10.1. The Morgan fingerprint density at radius 1 is 0.964 bits per heavy atom. The molecule has 0 aromatic heterocycles. The summed E-state index contributed by atoms with van der Waals surface area (Å²) in [5.41, 5.74) is -2.36. The lowest BCUT2D eigenvalue weighted by Gasteiger charge is -2.37. The van der Waals surface area contributed by atoms with E-state index in [0.29, 0.717) is 4.83 Å². The summed E-state index contributed by atoms with van der Waals surface area (Å²) in [5, 5.41) is -1.62. The van der Waals surface area contributed by atoms with E-state index in [2.05, 4.69) is 5.73 Å². The molecule has 6 nitrogen and oxygen atoms in total. The van der Waals surface area contributed by atoms with Crippen molar-refractivity contribution >= 4 is 16.1 Å². The molecule has 0 bridgehead atoms. The van der Waals surface area contributed by atoms with Gasteiger partial charge in [-0.25, -0.2) is 17.6 Å². The fraction of sp³-hybridized carbons (Fsp3) is 0.417. The summed E-state index contributed by atoms with van der Waals surface area (Å²) in [6.45, 7) is -0.671. The van der Waals surface area contributed by atoms with Crippen molar-refractivity contribution in [2.24, 2.45) is 5.73 Å². The molecule has 0 spiro atoms. The summed E-state index contributed by atoms with van der Waals surface area (Å²) in [4.78, 5) is 10.6. The van der Waals surface area contributed by atoms with E-state index in [0.717, 1.165) is 0 Å². The fourth-order valence-corrected chi connectivity index (χ4v) is 2.66. The number of rotatable bonds is 5. The van der Waals surface area contributed by atoms with Gasteiger partial charge in [0.2, 0.25) is 0 Å². The smallest absolute Gasteiger partial charge is 0.350 e. The van der Waals surface area contributed by atoms with Crippen LogP contribution >= 0.6 is 0 Å². The zero-order valence-electron chi connectivity index (χ0n) is 13.4. The summed E-state index contributed by atoms with van der Waals surface area (Å²) in [6.07, 6.45) is -11.1. The molecule has 16 heteroatoms. The van der Waals surface area contributed by atoms with E-state index in [1.807, 2.05) is 0 Å². The molecule has 1 unspecified atom stereocenters. The monoisotopic (exact) mass is 447 g/mol. The Hall–Kier alpha value is -2.23. The predicted octanol–water partition coefficient (Wildman–Crippen LogP) is 3.16. The molecule has 0 aliphatic carbocycles. The van der Waals surface area contributed by atoms with Gasteiger partial charge in [0.05, 0.1) is 10.5 Å². The molecule has 1 aromatic rings. The average molecular weight is 447 g/mol. The van der Waals surface area contributed by atoms with Crippen molar-refractivity contribution < 1.29 is 52.7 Å². The summed E-state index contributed by atoms with van der Waals surface area (Å²) in [6, 6.07) is -7.42. The first-order valence-electron chi connectivity index (χ1n) is 6.68. The van der Waals surface area contributed by atoms with Crippen molar-refractivity contribution in [1.29, 1.82) is 0 Å². The van der Waals surface area contributed by atoms with Crippen LogP contribution in [0.5, 0.6) is 0 Å². The van der Waals surface area contributed by atoms with Crippen molar-refractivity contribution in [1.82, 2.24) is 9.84 Å². The predicted molar refractivity (Wildman–Crippen MR) is 73.7 cm³/mol. The van der Waals surface area contributed by atoms with Gasteiger partial charge in [-0.3, -0.25) is 0 Å². The Morgan fingerprint density at radius 3 is 1.71 bits per heavy atom. The fourth-order valence-electron chi connectivity index (χ4n) is 1.62. The van der Waals surface area contributed by atoms with Gasteiger partial charge >= 0.3 is 24.4 Å². The highest BCUT2D eigenvalue weighted by Crippen LogP contribution is 2.46. The summed E-state index contributed by atoms with van der Waals surface area (Å²) in [5.74, 6) is 0. The van der Waals surface area contributed by atoms with Gasteiger partial charge in [0.15, 0.2) is 0 Å². The maximum absolute atomic E-state index is 13.9. The first kappa shape index (κ1) is 23.8. The minimum absolute atomic E-state index is 0.219. The van der Waals surface area contributed by atoms with Gasteiger partial charge in [-0.15, -0.1) is 4.83 Å². The van der Waals surface area contributed by atoms with Gasteiger partial charge in [-0.2, -0.15) is 40.1 Å². The first-order chi connectivity index (χ1) is 12.2. The molecule has 0 aliphatic heterocycles. The number of amides is 2. The molecular formula is C12H10F9N3O3S. The molecule has 2 amide bonds. The molecule has 0 aliphatic rings. The number of halogens is 9. The Kier molecular flexibility index (Phi) is 5.94. The maximum atomic E-state index is 13.9. The highest BCUT2D eigenvalue weighted by atomic mass is 32.2. The quantitative estimate of drug-likeness (QED) is 0.413. The highest BCUT2D eigenvalue weighted by Gasteiger charge is 2.72. The van der Waals surface area contributed by atoms with Crippen LogP contribution in [0.3, 0.4) is 0 Å². The molecule has 3 N–H and O–H groups in total. The molecule has 0 saturated heterocycles. The van der Waals surface area contributed by atoms with Gasteiger partial charge < -0.3 is 5.73 Å². The SMILES string of the molecule is CC(F)(C(F)(F)F)C(F)(F)N(NS(=O)(=O)c1ccc(C(F)(F)F)cc1)C(N)=O. The van der Waals surface area contributed by atoms with Crippen LogP contribution in [0.1, 0.15) is 12.5 Å². The largest absolute Gasteiger partial charge is 0.430 e. The number of nitrogens with one attached hydrogen (secondary N) is 1. The number of urea groups is 1. The van der Waals surface area contributed by atoms with Gasteiger partial charge in [0.25, 0.3) is 15.7 Å². The number of hydrazine groups is 1. The van der Waals surface area contributed by atoms with Crippen LogP contribution in [0.4, 0.5) is 44.3 Å². The molecular weight excluding hydrogens is 437 g/mol. The summed E-state index contributed by atoms with van der Waals surface area (Å²) >= 11 is 0. The van der Waals surface area contributed by atoms with Gasteiger partial charge in [-0.1, -0.05) is 0 Å². The van der Waals surface area contributed by atoms with E-state index in [-0.39, 0.29) is 24.3 Å². The Bertz CT molecular complexity index is 833. The number of alkyl halides is 9. The molecule has 0 heterocycles. The lowest BCUT2D eigenvalue weighted by molar-refractivity contribution is -0.329. The number of primary amides is 1. The third-order valence-corrected chi connectivity index (χ3v) is 4.62. The zero-order chi connectivity index (χ0) is 22.3. The van der Waals surface area contributed by atoms with Crippen LogP contribution in [-0.2, 0) is 16.2 Å². The van der Waals surface area contributed by atoms with E-state index >= 15 is 0 Å². The number of carbonyl (C=O) groups excluding carboxylic acids is 1. The third kappa shape index (κ3) is 4.43. The van der Waals surface area contributed by atoms with E-state index < -0.39 is 62.5 Å². The van der Waals surface area contributed by atoms with Crippen LogP contribution < -0.4 is 10.6 Å². The van der Waals surface area contributed by atoms with E-state index in [4.69, 9.17) is 0 Å². The highest BCUT2D eigenvalue weighted by molar-refractivity contribution is 7.89. The maximum Gasteiger partial charge on any atom is 0.430 e. The molecule has 28 heavy (non-hydrogen) atoms. The van der Waals surface area contributed by atoms with Gasteiger partial charge in [-0.05, 0) is 31.2 Å².